The second kappa shape index (κ2) is 10.7. The van der Waals surface area contributed by atoms with E-state index >= 15 is 0 Å². The number of likely N-dealkylation sites (tertiary alicyclic amines) is 1. The second-order valence-corrected chi connectivity index (χ2v) is 12.7. The average molecular weight is 606 g/mol. The fourth-order valence-electron chi connectivity index (χ4n) is 4.95. The van der Waals surface area contributed by atoms with Crippen LogP contribution in [0.3, 0.4) is 0 Å². The number of sulfone groups is 1. The number of benzene rings is 2. The van der Waals surface area contributed by atoms with E-state index in [-0.39, 0.29) is 43.7 Å². The number of hydrogen-bond acceptors (Lipinski definition) is 6. The summed E-state index contributed by atoms with van der Waals surface area (Å²) in [6, 6.07) is 6.63. The van der Waals surface area contributed by atoms with Gasteiger partial charge in [0.25, 0.3) is 11.8 Å². The monoisotopic (exact) mass is 605 g/mol. The van der Waals surface area contributed by atoms with Gasteiger partial charge in [0.1, 0.15) is 12.3 Å². The summed E-state index contributed by atoms with van der Waals surface area (Å²) in [5.41, 5.74) is -1.13. The molecule has 1 fully saturated rings. The van der Waals surface area contributed by atoms with Crippen LogP contribution in [0.4, 0.5) is 32.0 Å². The van der Waals surface area contributed by atoms with Gasteiger partial charge in [-0.15, -0.1) is 13.2 Å². The quantitative estimate of drug-likeness (QED) is 0.426. The van der Waals surface area contributed by atoms with Gasteiger partial charge in [0, 0.05) is 19.2 Å². The highest BCUT2D eigenvalue weighted by molar-refractivity contribution is 7.92. The van der Waals surface area contributed by atoms with Crippen molar-refractivity contribution in [3.8, 4) is 5.75 Å². The molecule has 0 saturated carbocycles. The molecule has 0 bridgehead atoms. The largest absolute Gasteiger partial charge is 0.573 e. The van der Waals surface area contributed by atoms with E-state index in [4.69, 9.17) is 0 Å². The van der Waals surface area contributed by atoms with Crippen LogP contribution in [0.15, 0.2) is 52.4 Å². The fourth-order valence-corrected chi connectivity index (χ4v) is 6.77. The zero-order chi connectivity index (χ0) is 30.4. The number of rotatable bonds is 6. The van der Waals surface area contributed by atoms with E-state index in [1.165, 1.54) is 23.6 Å². The Labute approximate surface area is 231 Å². The standard InChI is InChI=1S/C26H25F6N3O5S/c1-24(2,41(38,39)19-5-3-4-17(12-19)25(27,28)29)16-8-10-34(11-9-16)23(37)20-7-6-18(40-26(30,31)32)13-21(20)35-14-22(36)33-15-35/h3-7,12-13,15-16H,8-11,14H2,1-2H3. The van der Waals surface area contributed by atoms with Crippen molar-refractivity contribution in [3.05, 3.63) is 53.6 Å². The van der Waals surface area contributed by atoms with E-state index in [0.717, 1.165) is 42.7 Å². The summed E-state index contributed by atoms with van der Waals surface area (Å²) in [5.74, 6) is -2.24. The van der Waals surface area contributed by atoms with E-state index in [2.05, 4.69) is 9.73 Å². The number of nitrogens with zero attached hydrogens (tertiary/aromatic N) is 3. The van der Waals surface area contributed by atoms with Gasteiger partial charge < -0.3 is 14.5 Å². The van der Waals surface area contributed by atoms with Gasteiger partial charge in [-0.3, -0.25) is 9.59 Å². The predicted octanol–water partition coefficient (Wildman–Crippen LogP) is 5.08. The number of anilines is 1. The molecule has 0 N–H and O–H groups in total. The lowest BCUT2D eigenvalue weighted by Crippen LogP contribution is -2.47. The third-order valence-corrected chi connectivity index (χ3v) is 9.91. The molecule has 1 saturated heterocycles. The molecule has 0 spiro atoms. The van der Waals surface area contributed by atoms with Crippen LogP contribution in [-0.4, -0.2) is 62.2 Å². The van der Waals surface area contributed by atoms with Gasteiger partial charge in [0.05, 0.1) is 32.8 Å². The fraction of sp³-hybridized carbons (Fsp3) is 0.423. The molecule has 4 rings (SSSR count). The number of carbonyl (C=O) groups excluding carboxylic acids is 2. The highest BCUT2D eigenvalue weighted by Gasteiger charge is 2.45. The summed E-state index contributed by atoms with van der Waals surface area (Å²) in [5, 5.41) is 0. The number of alkyl halides is 6. The van der Waals surface area contributed by atoms with E-state index in [1.807, 2.05) is 0 Å². The third kappa shape index (κ3) is 6.34. The Balaban J connectivity index is 1.53. The summed E-state index contributed by atoms with van der Waals surface area (Å²) >= 11 is 0. The van der Waals surface area contributed by atoms with Crippen molar-refractivity contribution < 1.29 is 49.1 Å². The molecule has 2 amide bonds. The van der Waals surface area contributed by atoms with Crippen LogP contribution in [0.5, 0.6) is 5.75 Å². The van der Waals surface area contributed by atoms with Crippen LogP contribution >= 0.6 is 0 Å². The minimum atomic E-state index is -4.99. The lowest BCUT2D eigenvalue weighted by molar-refractivity contribution is -0.274. The lowest BCUT2D eigenvalue weighted by Gasteiger charge is -2.40. The van der Waals surface area contributed by atoms with Crippen molar-refractivity contribution in [1.29, 1.82) is 0 Å². The van der Waals surface area contributed by atoms with E-state index in [9.17, 15) is 44.3 Å². The maximum atomic E-state index is 13.4. The molecule has 2 aliphatic heterocycles. The minimum absolute atomic E-state index is 0.0185. The molecular formula is C26H25F6N3O5S. The Morgan fingerprint density at radius 3 is 2.22 bits per heavy atom. The Hall–Kier alpha value is -3.62. The zero-order valence-electron chi connectivity index (χ0n) is 21.8. The first-order valence-corrected chi connectivity index (χ1v) is 13.8. The van der Waals surface area contributed by atoms with Crippen molar-refractivity contribution in [2.45, 2.75) is 48.9 Å². The topological polar surface area (TPSA) is 96.3 Å². The molecule has 2 aromatic rings. The maximum Gasteiger partial charge on any atom is 0.573 e. The molecule has 0 aliphatic carbocycles. The number of halogens is 6. The second-order valence-electron chi connectivity index (χ2n) is 10.2. The Bertz CT molecular complexity index is 1480. The van der Waals surface area contributed by atoms with Crippen molar-refractivity contribution in [2.24, 2.45) is 10.9 Å². The van der Waals surface area contributed by atoms with E-state index in [1.54, 1.807) is 0 Å². The van der Waals surface area contributed by atoms with E-state index in [0.29, 0.717) is 6.07 Å². The molecular weight excluding hydrogens is 580 g/mol. The number of hydrogen-bond donors (Lipinski definition) is 0. The summed E-state index contributed by atoms with van der Waals surface area (Å²) < 4.78 is 107. The van der Waals surface area contributed by atoms with E-state index < -0.39 is 61.1 Å². The SMILES string of the molecule is CC(C)(C1CCN(C(=O)c2ccc(OC(F)(F)F)cc2N2C=NC(=O)C2)CC1)S(=O)(=O)c1cccc(C(F)(F)F)c1. The van der Waals surface area contributed by atoms with Gasteiger partial charge in [-0.05, 0) is 62.9 Å². The first kappa shape index (κ1) is 30.3. The molecule has 0 radical (unpaired) electrons. The Kier molecular flexibility index (Phi) is 7.88. The highest BCUT2D eigenvalue weighted by Crippen LogP contribution is 2.40. The van der Waals surface area contributed by atoms with Crippen LogP contribution in [0, 0.1) is 5.92 Å². The van der Waals surface area contributed by atoms with Gasteiger partial charge in [-0.2, -0.15) is 13.2 Å². The van der Waals surface area contributed by atoms with Crippen molar-refractivity contribution in [3.63, 3.8) is 0 Å². The van der Waals surface area contributed by atoms with Crippen LogP contribution in [0.2, 0.25) is 0 Å². The average Bonchev–Trinajstić information content (AvgIpc) is 3.33. The number of piperidine rings is 1. The summed E-state index contributed by atoms with van der Waals surface area (Å²) in [7, 11) is -4.22. The lowest BCUT2D eigenvalue weighted by atomic mass is 9.85. The molecule has 15 heteroatoms. The van der Waals surface area contributed by atoms with Crippen molar-refractivity contribution >= 4 is 33.7 Å². The predicted molar refractivity (Wildman–Crippen MR) is 135 cm³/mol. The van der Waals surface area contributed by atoms with Crippen molar-refractivity contribution in [2.75, 3.05) is 24.5 Å². The number of aliphatic imine (C=N–C) groups is 1. The number of ether oxygens (including phenoxy) is 1. The number of carbonyl (C=O) groups is 2. The van der Waals surface area contributed by atoms with Gasteiger partial charge in [-0.1, -0.05) is 6.07 Å². The van der Waals surface area contributed by atoms with Gasteiger partial charge in [0.2, 0.25) is 0 Å². The Morgan fingerprint density at radius 2 is 1.66 bits per heavy atom. The molecule has 0 atom stereocenters. The molecule has 2 heterocycles. The van der Waals surface area contributed by atoms with Gasteiger partial charge in [0.15, 0.2) is 9.84 Å². The molecule has 41 heavy (non-hydrogen) atoms. The molecule has 0 unspecified atom stereocenters. The smallest absolute Gasteiger partial charge is 0.406 e. The molecule has 0 aromatic heterocycles. The summed E-state index contributed by atoms with van der Waals surface area (Å²) in [6.45, 7) is 2.74. The highest BCUT2D eigenvalue weighted by atomic mass is 32.2. The van der Waals surface area contributed by atoms with Gasteiger partial charge >= 0.3 is 12.5 Å². The van der Waals surface area contributed by atoms with Crippen LogP contribution in [-0.2, 0) is 20.8 Å². The summed E-state index contributed by atoms with van der Waals surface area (Å²) in [6.07, 6.45) is -8.21. The van der Waals surface area contributed by atoms with Crippen LogP contribution < -0.4 is 9.64 Å². The first-order chi connectivity index (χ1) is 18.9. The minimum Gasteiger partial charge on any atom is -0.406 e. The van der Waals surface area contributed by atoms with Crippen LogP contribution in [0.1, 0.15) is 42.6 Å². The third-order valence-electron chi connectivity index (χ3n) is 7.32. The van der Waals surface area contributed by atoms with Gasteiger partial charge in [-0.25, -0.2) is 13.4 Å². The number of amides is 2. The maximum absolute atomic E-state index is 13.4. The van der Waals surface area contributed by atoms with Crippen LogP contribution in [0.25, 0.3) is 0 Å². The molecule has 2 aliphatic rings. The van der Waals surface area contributed by atoms with Crippen molar-refractivity contribution in [1.82, 2.24) is 4.90 Å². The molecule has 222 valence electrons. The molecule has 8 nitrogen and oxygen atoms in total. The summed E-state index contributed by atoms with van der Waals surface area (Å²) in [4.78, 5) is 30.8. The normalized spacial score (nSPS) is 17.3. The Morgan fingerprint density at radius 1 is 1.00 bits per heavy atom. The zero-order valence-corrected chi connectivity index (χ0v) is 22.6. The first-order valence-electron chi connectivity index (χ1n) is 12.3. The molecule has 2 aromatic carbocycles.